The Labute approximate surface area is 324 Å². The van der Waals surface area contributed by atoms with Crippen LogP contribution in [0.4, 0.5) is 17.3 Å². The number of hydrogen-bond donors (Lipinski definition) is 0. The number of fused-ring (bicyclic) bond motifs is 8. The van der Waals surface area contributed by atoms with Gasteiger partial charge >= 0.3 is 0 Å². The normalized spacial score (nSPS) is 11.9. The molecule has 0 bridgehead atoms. The molecule has 1 aliphatic heterocycles. The summed E-state index contributed by atoms with van der Waals surface area (Å²) in [6.45, 7) is 0. The van der Waals surface area contributed by atoms with Gasteiger partial charge in [-0.25, -0.2) is 15.0 Å². The molecule has 0 saturated heterocycles. The molecule has 262 valence electrons. The molecular weight excluding hydrogens is 683 g/mol. The standard InChI is InChI=1S/C51H33N5/c1-3-14-34(15-4-1)35-26-28-36(29-27-35)45-33-46(53-50(52-45)37-16-5-2-6-17-37)40-20-13-21-41(30-40)55-47-24-11-9-22-42(47)43-31-38-18-7-8-19-39(38)32-49(43)56-48-25-12-10-23-44(48)54-51(55)56/h1-33H. The molecule has 0 spiro atoms. The van der Waals surface area contributed by atoms with E-state index in [-0.39, 0.29) is 0 Å². The summed E-state index contributed by atoms with van der Waals surface area (Å²) in [4.78, 5) is 18.0. The van der Waals surface area contributed by atoms with Crippen molar-refractivity contribution < 1.29 is 0 Å². The number of nitrogens with zero attached hydrogens (tertiary/aromatic N) is 5. The zero-order valence-corrected chi connectivity index (χ0v) is 30.3. The fraction of sp³-hybridized carbons (Fsp3) is 0. The number of imidazole rings is 1. The summed E-state index contributed by atoms with van der Waals surface area (Å²) in [5, 5.41) is 2.39. The first-order valence-corrected chi connectivity index (χ1v) is 18.9. The highest BCUT2D eigenvalue weighted by Gasteiger charge is 2.29. The van der Waals surface area contributed by atoms with Crippen molar-refractivity contribution in [1.29, 1.82) is 0 Å². The lowest BCUT2D eigenvalue weighted by Crippen LogP contribution is -2.14. The summed E-state index contributed by atoms with van der Waals surface area (Å²) >= 11 is 0. The van der Waals surface area contributed by atoms with E-state index in [2.05, 4.69) is 185 Å². The summed E-state index contributed by atoms with van der Waals surface area (Å²) < 4.78 is 2.32. The molecule has 1 aliphatic rings. The van der Waals surface area contributed by atoms with Crippen LogP contribution in [0.1, 0.15) is 0 Å². The third kappa shape index (κ3) is 5.37. The minimum Gasteiger partial charge on any atom is -0.280 e. The van der Waals surface area contributed by atoms with Gasteiger partial charge in [-0.05, 0) is 70.4 Å². The molecule has 0 saturated carbocycles. The van der Waals surface area contributed by atoms with Crippen molar-refractivity contribution in [3.63, 3.8) is 0 Å². The molecule has 11 rings (SSSR count). The van der Waals surface area contributed by atoms with Gasteiger partial charge in [0.1, 0.15) is 0 Å². The Morgan fingerprint density at radius 2 is 0.964 bits per heavy atom. The molecule has 56 heavy (non-hydrogen) atoms. The number of aromatic nitrogens is 4. The smallest absolute Gasteiger partial charge is 0.220 e. The van der Waals surface area contributed by atoms with Gasteiger partial charge in [0.25, 0.3) is 0 Å². The van der Waals surface area contributed by atoms with Gasteiger partial charge in [-0.15, -0.1) is 0 Å². The Morgan fingerprint density at radius 3 is 1.77 bits per heavy atom. The van der Waals surface area contributed by atoms with Crippen LogP contribution in [-0.2, 0) is 0 Å². The quantitative estimate of drug-likeness (QED) is 0.178. The van der Waals surface area contributed by atoms with E-state index in [0.717, 1.165) is 73.2 Å². The second-order valence-corrected chi connectivity index (χ2v) is 14.1. The predicted octanol–water partition coefficient (Wildman–Crippen LogP) is 13.1. The molecule has 5 heteroatoms. The zero-order valence-electron chi connectivity index (χ0n) is 30.3. The molecule has 0 N–H and O–H groups in total. The second-order valence-electron chi connectivity index (χ2n) is 14.1. The molecule has 8 aromatic carbocycles. The van der Waals surface area contributed by atoms with Crippen molar-refractivity contribution in [1.82, 2.24) is 19.5 Å². The van der Waals surface area contributed by atoms with E-state index >= 15 is 0 Å². The zero-order chi connectivity index (χ0) is 37.0. The lowest BCUT2D eigenvalue weighted by Gasteiger charge is -2.25. The highest BCUT2D eigenvalue weighted by atomic mass is 15.3. The van der Waals surface area contributed by atoms with Crippen molar-refractivity contribution in [2.24, 2.45) is 0 Å². The predicted molar refractivity (Wildman–Crippen MR) is 230 cm³/mol. The summed E-state index contributed by atoms with van der Waals surface area (Å²) in [7, 11) is 0. The first-order valence-electron chi connectivity index (χ1n) is 18.9. The topological polar surface area (TPSA) is 46.8 Å². The van der Waals surface area contributed by atoms with Crippen LogP contribution in [-0.4, -0.2) is 19.5 Å². The number of rotatable bonds is 5. The average molecular weight is 716 g/mol. The summed E-state index contributed by atoms with van der Waals surface area (Å²) in [5.74, 6) is 1.51. The van der Waals surface area contributed by atoms with Crippen LogP contribution < -0.4 is 4.90 Å². The van der Waals surface area contributed by atoms with Gasteiger partial charge in [0.2, 0.25) is 5.95 Å². The van der Waals surface area contributed by atoms with Gasteiger partial charge in [-0.1, -0.05) is 152 Å². The van der Waals surface area contributed by atoms with Gasteiger partial charge in [-0.2, -0.15) is 0 Å². The molecule has 10 aromatic rings. The van der Waals surface area contributed by atoms with Gasteiger partial charge in [0.15, 0.2) is 5.82 Å². The third-order valence-corrected chi connectivity index (χ3v) is 10.7. The Morgan fingerprint density at radius 1 is 0.357 bits per heavy atom. The van der Waals surface area contributed by atoms with E-state index < -0.39 is 0 Å². The van der Waals surface area contributed by atoms with Crippen molar-refractivity contribution in [2.45, 2.75) is 0 Å². The molecule has 3 heterocycles. The maximum absolute atomic E-state index is 5.35. The Hall–Kier alpha value is -7.63. The number of benzene rings is 8. The van der Waals surface area contributed by atoms with Gasteiger partial charge in [0.05, 0.1) is 33.8 Å². The van der Waals surface area contributed by atoms with Crippen LogP contribution in [0.25, 0.3) is 83.6 Å². The highest BCUT2D eigenvalue weighted by Crippen LogP contribution is 2.49. The molecule has 0 fully saturated rings. The molecular formula is C51H33N5. The summed E-state index contributed by atoms with van der Waals surface area (Å²) in [5.41, 5.74) is 14.5. The van der Waals surface area contributed by atoms with Crippen LogP contribution in [0.15, 0.2) is 200 Å². The Kier molecular flexibility index (Phi) is 7.42. The third-order valence-electron chi connectivity index (χ3n) is 10.7. The fourth-order valence-corrected chi connectivity index (χ4v) is 8.02. The second kappa shape index (κ2) is 13.0. The molecule has 0 unspecified atom stereocenters. The van der Waals surface area contributed by atoms with Crippen LogP contribution >= 0.6 is 0 Å². The lowest BCUT2D eigenvalue weighted by atomic mass is 9.97. The van der Waals surface area contributed by atoms with E-state index in [4.69, 9.17) is 15.0 Å². The van der Waals surface area contributed by atoms with Crippen molar-refractivity contribution in [3.8, 4) is 61.8 Å². The highest BCUT2D eigenvalue weighted by molar-refractivity contribution is 6.01. The van der Waals surface area contributed by atoms with E-state index in [9.17, 15) is 0 Å². The minimum atomic E-state index is 0.681. The van der Waals surface area contributed by atoms with Crippen LogP contribution in [0.2, 0.25) is 0 Å². The minimum absolute atomic E-state index is 0.681. The van der Waals surface area contributed by atoms with Crippen LogP contribution in [0, 0.1) is 0 Å². The maximum Gasteiger partial charge on any atom is 0.220 e. The van der Waals surface area contributed by atoms with Crippen molar-refractivity contribution >= 4 is 39.1 Å². The molecule has 0 amide bonds. The lowest BCUT2D eigenvalue weighted by molar-refractivity contribution is 1.05. The number of hydrogen-bond acceptors (Lipinski definition) is 4. The molecule has 2 aromatic heterocycles. The molecule has 0 aliphatic carbocycles. The Balaban J connectivity index is 1.10. The van der Waals surface area contributed by atoms with E-state index in [1.54, 1.807) is 0 Å². The first kappa shape index (κ1) is 31.9. The van der Waals surface area contributed by atoms with Crippen molar-refractivity contribution in [2.75, 3.05) is 4.90 Å². The number of anilines is 3. The Bertz CT molecular complexity index is 3080. The molecule has 5 nitrogen and oxygen atoms in total. The maximum atomic E-state index is 5.35. The van der Waals surface area contributed by atoms with Crippen LogP contribution in [0.3, 0.4) is 0 Å². The van der Waals surface area contributed by atoms with Gasteiger partial charge < -0.3 is 0 Å². The largest absolute Gasteiger partial charge is 0.280 e. The number of para-hydroxylation sites is 3. The monoisotopic (exact) mass is 715 g/mol. The fourth-order valence-electron chi connectivity index (χ4n) is 8.02. The summed E-state index contributed by atoms with van der Waals surface area (Å²) in [6, 6.07) is 70.3. The van der Waals surface area contributed by atoms with E-state index in [1.165, 1.54) is 21.9 Å². The molecule has 0 radical (unpaired) electrons. The van der Waals surface area contributed by atoms with Crippen LogP contribution in [0.5, 0.6) is 0 Å². The van der Waals surface area contributed by atoms with E-state index in [1.807, 2.05) is 24.3 Å². The van der Waals surface area contributed by atoms with E-state index in [0.29, 0.717) is 5.82 Å². The SMILES string of the molecule is c1ccc(-c2ccc(-c3cc(-c4cccc(N5c6ccccc6-c6cc7ccccc7cc6-n6c5nc5ccccc56)c4)nc(-c4ccccc4)n3)cc2)cc1. The summed E-state index contributed by atoms with van der Waals surface area (Å²) in [6.07, 6.45) is 0. The first-order chi connectivity index (χ1) is 27.7. The van der Waals surface area contributed by atoms with Crippen molar-refractivity contribution in [3.05, 3.63) is 200 Å². The van der Waals surface area contributed by atoms with Gasteiger partial charge in [-0.3, -0.25) is 9.47 Å². The molecule has 0 atom stereocenters. The average Bonchev–Trinajstić information content (AvgIpc) is 3.60. The van der Waals surface area contributed by atoms with Gasteiger partial charge in [0, 0.05) is 33.5 Å².